The summed E-state index contributed by atoms with van der Waals surface area (Å²) in [6.07, 6.45) is 2.00. The Morgan fingerprint density at radius 2 is 2.11 bits per heavy atom. The molecule has 0 spiro atoms. The van der Waals surface area contributed by atoms with Crippen LogP contribution in [-0.2, 0) is 11.2 Å². The van der Waals surface area contributed by atoms with Crippen molar-refractivity contribution in [2.24, 2.45) is 0 Å². The zero-order valence-corrected chi connectivity index (χ0v) is 10.4. The van der Waals surface area contributed by atoms with Crippen LogP contribution in [0.1, 0.15) is 18.4 Å². The van der Waals surface area contributed by atoms with Crippen molar-refractivity contribution in [3.05, 3.63) is 35.9 Å². The Bertz CT molecular complexity index is 378. The smallest absolute Gasteiger partial charge is 0.410 e. The molecule has 1 atom stereocenters. The molecule has 1 aromatic carbocycles. The molecule has 98 valence electrons. The zero-order valence-electron chi connectivity index (χ0n) is 10.4. The fourth-order valence-electron chi connectivity index (χ4n) is 2.29. The predicted molar refractivity (Wildman–Crippen MR) is 68.3 cm³/mol. The third-order valence-electron chi connectivity index (χ3n) is 3.30. The van der Waals surface area contributed by atoms with Crippen molar-refractivity contribution in [2.75, 3.05) is 19.8 Å². The topological polar surface area (TPSA) is 49.8 Å². The number of hydrogen-bond acceptors (Lipinski definition) is 3. The second-order valence-corrected chi connectivity index (χ2v) is 4.50. The Morgan fingerprint density at radius 3 is 2.83 bits per heavy atom. The molecule has 0 aromatic heterocycles. The van der Waals surface area contributed by atoms with Crippen LogP contribution in [0.4, 0.5) is 4.79 Å². The highest BCUT2D eigenvalue weighted by Crippen LogP contribution is 2.17. The molecule has 1 aliphatic heterocycles. The zero-order chi connectivity index (χ0) is 12.8. The number of nitrogens with zero attached hydrogens (tertiary/aromatic N) is 1. The quantitative estimate of drug-likeness (QED) is 0.866. The van der Waals surface area contributed by atoms with E-state index in [4.69, 9.17) is 9.84 Å². The van der Waals surface area contributed by atoms with Crippen LogP contribution in [0.5, 0.6) is 0 Å². The van der Waals surface area contributed by atoms with Gasteiger partial charge in [-0.05, 0) is 18.4 Å². The van der Waals surface area contributed by atoms with E-state index < -0.39 is 0 Å². The number of aliphatic hydroxyl groups is 1. The van der Waals surface area contributed by atoms with Gasteiger partial charge in [0.2, 0.25) is 0 Å². The number of benzene rings is 1. The largest absolute Gasteiger partial charge is 0.449 e. The number of rotatable bonds is 5. The standard InChI is InChI=1S/C14H19NO3/c16-10-7-13-8-11-18-14(17)15(13)9-6-12-4-2-1-3-5-12/h1-5,13,16H,6-11H2. The highest BCUT2D eigenvalue weighted by atomic mass is 16.6. The molecule has 0 aliphatic carbocycles. The van der Waals surface area contributed by atoms with E-state index in [1.807, 2.05) is 18.2 Å². The van der Waals surface area contributed by atoms with Crippen molar-refractivity contribution in [2.45, 2.75) is 25.3 Å². The second kappa shape index (κ2) is 6.40. The van der Waals surface area contributed by atoms with Gasteiger partial charge in [0.05, 0.1) is 6.61 Å². The number of ether oxygens (including phenoxy) is 1. The molecule has 1 aliphatic rings. The minimum absolute atomic E-state index is 0.111. The first-order valence-corrected chi connectivity index (χ1v) is 6.39. The number of carbonyl (C=O) groups excluding carboxylic acids is 1. The fraction of sp³-hybridized carbons (Fsp3) is 0.500. The first kappa shape index (κ1) is 12.9. The average molecular weight is 249 g/mol. The van der Waals surface area contributed by atoms with E-state index in [0.717, 1.165) is 12.8 Å². The Kier molecular flexibility index (Phi) is 4.59. The van der Waals surface area contributed by atoms with Crippen LogP contribution in [0.25, 0.3) is 0 Å². The van der Waals surface area contributed by atoms with E-state index in [-0.39, 0.29) is 18.7 Å². The maximum absolute atomic E-state index is 11.7. The van der Waals surface area contributed by atoms with E-state index in [1.165, 1.54) is 5.56 Å². The Hall–Kier alpha value is -1.55. The highest BCUT2D eigenvalue weighted by Gasteiger charge is 2.28. The van der Waals surface area contributed by atoms with Crippen LogP contribution in [-0.4, -0.2) is 41.9 Å². The van der Waals surface area contributed by atoms with Crippen LogP contribution in [0.2, 0.25) is 0 Å². The number of hydrogen-bond donors (Lipinski definition) is 1. The molecular formula is C14H19NO3. The van der Waals surface area contributed by atoms with E-state index in [9.17, 15) is 4.79 Å². The average Bonchev–Trinajstić information content (AvgIpc) is 2.40. The molecule has 1 fully saturated rings. The lowest BCUT2D eigenvalue weighted by Gasteiger charge is -2.34. The minimum Gasteiger partial charge on any atom is -0.449 e. The third kappa shape index (κ3) is 3.23. The van der Waals surface area contributed by atoms with Crippen LogP contribution < -0.4 is 0 Å². The highest BCUT2D eigenvalue weighted by molar-refractivity contribution is 5.68. The summed E-state index contributed by atoms with van der Waals surface area (Å²) in [5, 5.41) is 9.03. The molecule has 0 bridgehead atoms. The van der Waals surface area contributed by atoms with E-state index in [2.05, 4.69) is 12.1 Å². The lowest BCUT2D eigenvalue weighted by Crippen LogP contribution is -2.46. The van der Waals surface area contributed by atoms with Gasteiger partial charge in [0, 0.05) is 25.6 Å². The van der Waals surface area contributed by atoms with Gasteiger partial charge in [0.15, 0.2) is 0 Å². The lowest BCUT2D eigenvalue weighted by atomic mass is 10.1. The number of cyclic esters (lactones) is 1. The van der Waals surface area contributed by atoms with Gasteiger partial charge in [-0.25, -0.2) is 4.79 Å². The maximum atomic E-state index is 11.7. The third-order valence-corrected chi connectivity index (χ3v) is 3.30. The maximum Gasteiger partial charge on any atom is 0.410 e. The van der Waals surface area contributed by atoms with E-state index in [0.29, 0.717) is 19.6 Å². The summed E-state index contributed by atoms with van der Waals surface area (Å²) in [6, 6.07) is 10.2. The van der Waals surface area contributed by atoms with Gasteiger partial charge in [-0.15, -0.1) is 0 Å². The molecule has 1 aromatic rings. The van der Waals surface area contributed by atoms with Crippen LogP contribution in [0.3, 0.4) is 0 Å². The first-order chi connectivity index (χ1) is 8.81. The molecule has 2 rings (SSSR count). The summed E-state index contributed by atoms with van der Waals surface area (Å²) in [7, 11) is 0. The lowest BCUT2D eigenvalue weighted by molar-refractivity contribution is 0.0373. The van der Waals surface area contributed by atoms with E-state index in [1.54, 1.807) is 4.90 Å². The molecule has 18 heavy (non-hydrogen) atoms. The van der Waals surface area contributed by atoms with Gasteiger partial charge >= 0.3 is 6.09 Å². The van der Waals surface area contributed by atoms with Gasteiger partial charge in [-0.3, -0.25) is 0 Å². The van der Waals surface area contributed by atoms with Crippen LogP contribution in [0, 0.1) is 0 Å². The molecule has 1 amide bonds. The van der Waals surface area contributed by atoms with Crippen molar-refractivity contribution in [3.63, 3.8) is 0 Å². The van der Waals surface area contributed by atoms with Crippen molar-refractivity contribution in [1.82, 2.24) is 4.90 Å². The van der Waals surface area contributed by atoms with Gasteiger partial charge in [-0.2, -0.15) is 0 Å². The van der Waals surface area contributed by atoms with Gasteiger partial charge < -0.3 is 14.7 Å². The molecule has 1 heterocycles. The summed E-state index contributed by atoms with van der Waals surface area (Å²) in [5.74, 6) is 0. The van der Waals surface area contributed by atoms with Crippen molar-refractivity contribution in [1.29, 1.82) is 0 Å². The monoisotopic (exact) mass is 249 g/mol. The van der Waals surface area contributed by atoms with Gasteiger partial charge in [0.1, 0.15) is 0 Å². The number of carbonyl (C=O) groups is 1. The Labute approximate surface area is 107 Å². The number of amides is 1. The summed E-state index contributed by atoms with van der Waals surface area (Å²) in [6.45, 7) is 1.22. The van der Waals surface area contributed by atoms with Crippen molar-refractivity contribution in [3.8, 4) is 0 Å². The SMILES string of the molecule is O=C1OCCC(CCO)N1CCc1ccccc1. The van der Waals surface area contributed by atoms with Crippen LogP contribution in [0.15, 0.2) is 30.3 Å². The predicted octanol–water partition coefficient (Wildman–Crippen LogP) is 1.82. The van der Waals surface area contributed by atoms with Crippen LogP contribution >= 0.6 is 0 Å². The van der Waals surface area contributed by atoms with Crippen molar-refractivity contribution >= 4 is 6.09 Å². The number of aliphatic hydroxyl groups excluding tert-OH is 1. The molecule has 1 saturated heterocycles. The van der Waals surface area contributed by atoms with Gasteiger partial charge in [0.25, 0.3) is 0 Å². The van der Waals surface area contributed by atoms with Gasteiger partial charge in [-0.1, -0.05) is 30.3 Å². The normalized spacial score (nSPS) is 19.7. The summed E-state index contributed by atoms with van der Waals surface area (Å²) >= 11 is 0. The Balaban J connectivity index is 1.94. The molecule has 0 radical (unpaired) electrons. The molecule has 4 nitrogen and oxygen atoms in total. The molecule has 0 saturated carbocycles. The first-order valence-electron chi connectivity index (χ1n) is 6.39. The molecule has 4 heteroatoms. The van der Waals surface area contributed by atoms with Crippen molar-refractivity contribution < 1.29 is 14.6 Å². The molecule has 1 N–H and O–H groups in total. The summed E-state index contributed by atoms with van der Waals surface area (Å²) in [5.41, 5.74) is 1.21. The minimum atomic E-state index is -0.254. The molecular weight excluding hydrogens is 230 g/mol. The summed E-state index contributed by atoms with van der Waals surface area (Å²) < 4.78 is 5.06. The Morgan fingerprint density at radius 1 is 1.33 bits per heavy atom. The molecule has 1 unspecified atom stereocenters. The van der Waals surface area contributed by atoms with E-state index >= 15 is 0 Å². The summed E-state index contributed by atoms with van der Waals surface area (Å²) in [4.78, 5) is 13.5. The fourth-order valence-corrected chi connectivity index (χ4v) is 2.29. The second-order valence-electron chi connectivity index (χ2n) is 4.50.